The number of benzene rings is 1. The van der Waals surface area contributed by atoms with Crippen LogP contribution in [0.4, 0.5) is 0 Å². The molecule has 0 fully saturated rings. The predicted octanol–water partition coefficient (Wildman–Crippen LogP) is 2.99. The van der Waals surface area contributed by atoms with E-state index in [-0.39, 0.29) is 0 Å². The molecule has 0 saturated carbocycles. The Kier molecular flexibility index (Phi) is 2.94. The van der Waals surface area contributed by atoms with Crippen LogP contribution < -0.4 is 0 Å². The van der Waals surface area contributed by atoms with Crippen LogP contribution in [0.25, 0.3) is 17.0 Å². The molecule has 0 atom stereocenters. The summed E-state index contributed by atoms with van der Waals surface area (Å²) in [5, 5.41) is 17.3. The number of pyridine rings is 1. The van der Waals surface area contributed by atoms with Gasteiger partial charge in [-0.3, -0.25) is 4.40 Å². The molecule has 92 valence electrons. The van der Waals surface area contributed by atoms with E-state index in [1.54, 1.807) is 23.9 Å². The highest BCUT2D eigenvalue weighted by atomic mass is 32.2. The monoisotopic (exact) mass is 266 g/mol. The molecule has 0 radical (unpaired) electrons. The van der Waals surface area contributed by atoms with Gasteiger partial charge in [-0.2, -0.15) is 5.26 Å². The summed E-state index contributed by atoms with van der Waals surface area (Å²) in [6, 6.07) is 13.7. The summed E-state index contributed by atoms with van der Waals surface area (Å²) in [6.07, 6.45) is 3.87. The zero-order chi connectivity index (χ0) is 13.2. The summed E-state index contributed by atoms with van der Waals surface area (Å²) in [5.41, 5.74) is 2.32. The van der Waals surface area contributed by atoms with Crippen LogP contribution in [0.1, 0.15) is 5.56 Å². The molecule has 1 aromatic carbocycles. The van der Waals surface area contributed by atoms with E-state index < -0.39 is 0 Å². The standard InChI is InChI=1S/C14H10N4S/c1-19-12-5-3-2-4-11(12)14-17-16-13-8-10(9-15)6-7-18(13)14/h2-8H,1H3. The molecule has 5 heteroatoms. The smallest absolute Gasteiger partial charge is 0.169 e. The Hall–Kier alpha value is -2.32. The summed E-state index contributed by atoms with van der Waals surface area (Å²) >= 11 is 1.68. The minimum absolute atomic E-state index is 0.588. The van der Waals surface area contributed by atoms with Gasteiger partial charge in [0.1, 0.15) is 0 Å². The van der Waals surface area contributed by atoms with Gasteiger partial charge in [-0.05, 0) is 18.4 Å². The van der Waals surface area contributed by atoms with E-state index in [0.29, 0.717) is 11.2 Å². The fourth-order valence-corrected chi connectivity index (χ4v) is 2.57. The topological polar surface area (TPSA) is 54.0 Å². The summed E-state index contributed by atoms with van der Waals surface area (Å²) in [6.45, 7) is 0. The average Bonchev–Trinajstić information content (AvgIpc) is 2.89. The zero-order valence-electron chi connectivity index (χ0n) is 10.2. The van der Waals surface area contributed by atoms with Gasteiger partial charge in [-0.25, -0.2) is 0 Å². The molecule has 0 spiro atoms. The first-order chi connectivity index (χ1) is 9.33. The first kappa shape index (κ1) is 11.8. The molecule has 2 aromatic heterocycles. The molecule has 0 aliphatic heterocycles. The average molecular weight is 266 g/mol. The van der Waals surface area contributed by atoms with E-state index in [1.807, 2.05) is 35.1 Å². The van der Waals surface area contributed by atoms with Gasteiger partial charge in [0.2, 0.25) is 0 Å². The van der Waals surface area contributed by atoms with Crippen molar-refractivity contribution in [2.24, 2.45) is 0 Å². The molecule has 3 rings (SSSR count). The number of hydrogen-bond acceptors (Lipinski definition) is 4. The number of rotatable bonds is 2. The lowest BCUT2D eigenvalue weighted by molar-refractivity contribution is 1.10. The molecule has 0 unspecified atom stereocenters. The van der Waals surface area contributed by atoms with E-state index in [0.717, 1.165) is 16.3 Å². The van der Waals surface area contributed by atoms with Crippen LogP contribution in [0.2, 0.25) is 0 Å². The highest BCUT2D eigenvalue weighted by Crippen LogP contribution is 2.28. The number of nitriles is 1. The van der Waals surface area contributed by atoms with E-state index in [2.05, 4.69) is 22.3 Å². The normalized spacial score (nSPS) is 10.5. The van der Waals surface area contributed by atoms with Crippen molar-refractivity contribution in [3.05, 3.63) is 48.2 Å². The Morgan fingerprint density at radius 2 is 2.05 bits per heavy atom. The second-order valence-corrected chi connectivity index (χ2v) is 4.83. The van der Waals surface area contributed by atoms with Gasteiger partial charge in [0.05, 0.1) is 11.6 Å². The van der Waals surface area contributed by atoms with Gasteiger partial charge in [-0.1, -0.05) is 18.2 Å². The van der Waals surface area contributed by atoms with Crippen LogP contribution in [0, 0.1) is 11.3 Å². The highest BCUT2D eigenvalue weighted by Gasteiger charge is 2.11. The van der Waals surface area contributed by atoms with Crippen molar-refractivity contribution in [3.8, 4) is 17.5 Å². The van der Waals surface area contributed by atoms with Crippen LogP contribution >= 0.6 is 11.8 Å². The first-order valence-corrected chi connectivity index (χ1v) is 6.94. The molecule has 0 aliphatic rings. The van der Waals surface area contributed by atoms with Crippen LogP contribution in [0.5, 0.6) is 0 Å². The molecule has 0 saturated heterocycles. The summed E-state index contributed by atoms with van der Waals surface area (Å²) < 4.78 is 1.90. The summed E-state index contributed by atoms with van der Waals surface area (Å²) in [7, 11) is 0. The van der Waals surface area contributed by atoms with Gasteiger partial charge < -0.3 is 0 Å². The summed E-state index contributed by atoms with van der Waals surface area (Å²) in [4.78, 5) is 1.15. The minimum Gasteiger partial charge on any atom is -0.282 e. The van der Waals surface area contributed by atoms with Crippen molar-refractivity contribution in [1.82, 2.24) is 14.6 Å². The van der Waals surface area contributed by atoms with Crippen molar-refractivity contribution in [2.75, 3.05) is 6.26 Å². The molecular formula is C14H10N4S. The third-order valence-corrected chi connectivity index (χ3v) is 3.68. The van der Waals surface area contributed by atoms with Crippen molar-refractivity contribution in [1.29, 1.82) is 5.26 Å². The zero-order valence-corrected chi connectivity index (χ0v) is 11.1. The van der Waals surface area contributed by atoms with Gasteiger partial charge in [0, 0.05) is 22.7 Å². The third-order valence-electron chi connectivity index (χ3n) is 2.89. The van der Waals surface area contributed by atoms with Gasteiger partial charge in [0.15, 0.2) is 11.5 Å². The predicted molar refractivity (Wildman–Crippen MR) is 74.9 cm³/mol. The Morgan fingerprint density at radius 1 is 1.21 bits per heavy atom. The van der Waals surface area contributed by atoms with Crippen molar-refractivity contribution >= 4 is 17.4 Å². The SMILES string of the molecule is CSc1ccccc1-c1nnc2cc(C#N)ccn12. The molecule has 0 amide bonds. The van der Waals surface area contributed by atoms with Crippen molar-refractivity contribution in [3.63, 3.8) is 0 Å². The molecular weight excluding hydrogens is 256 g/mol. The number of nitrogens with zero attached hydrogens (tertiary/aromatic N) is 4. The van der Waals surface area contributed by atoms with E-state index in [1.165, 1.54) is 0 Å². The largest absolute Gasteiger partial charge is 0.282 e. The maximum absolute atomic E-state index is 8.89. The van der Waals surface area contributed by atoms with E-state index in [4.69, 9.17) is 5.26 Å². The van der Waals surface area contributed by atoms with Gasteiger partial charge in [-0.15, -0.1) is 22.0 Å². The molecule has 19 heavy (non-hydrogen) atoms. The lowest BCUT2D eigenvalue weighted by Gasteiger charge is -2.05. The molecule has 0 aliphatic carbocycles. The first-order valence-electron chi connectivity index (χ1n) is 5.72. The maximum Gasteiger partial charge on any atom is 0.169 e. The number of aromatic nitrogens is 3. The Labute approximate surface area is 114 Å². The summed E-state index contributed by atoms with van der Waals surface area (Å²) in [5.74, 6) is 0.796. The Bertz CT molecular complexity index is 785. The van der Waals surface area contributed by atoms with Crippen LogP contribution in [0.15, 0.2) is 47.5 Å². The van der Waals surface area contributed by atoms with Gasteiger partial charge >= 0.3 is 0 Å². The third kappa shape index (κ3) is 1.96. The van der Waals surface area contributed by atoms with Crippen molar-refractivity contribution in [2.45, 2.75) is 4.90 Å². The van der Waals surface area contributed by atoms with Crippen molar-refractivity contribution < 1.29 is 0 Å². The molecule has 0 N–H and O–H groups in total. The lowest BCUT2D eigenvalue weighted by Crippen LogP contribution is -1.91. The molecule has 0 bridgehead atoms. The van der Waals surface area contributed by atoms with Gasteiger partial charge in [0.25, 0.3) is 0 Å². The Morgan fingerprint density at radius 3 is 2.84 bits per heavy atom. The fourth-order valence-electron chi connectivity index (χ4n) is 1.97. The minimum atomic E-state index is 0.588. The molecule has 2 heterocycles. The van der Waals surface area contributed by atoms with Crippen LogP contribution in [0.3, 0.4) is 0 Å². The lowest BCUT2D eigenvalue weighted by atomic mass is 10.2. The number of fused-ring (bicyclic) bond motifs is 1. The highest BCUT2D eigenvalue weighted by molar-refractivity contribution is 7.98. The van der Waals surface area contributed by atoms with Crippen LogP contribution in [-0.2, 0) is 0 Å². The fraction of sp³-hybridized carbons (Fsp3) is 0.0714. The maximum atomic E-state index is 8.89. The Balaban J connectivity index is 2.24. The van der Waals surface area contributed by atoms with Crippen LogP contribution in [-0.4, -0.2) is 20.9 Å². The second kappa shape index (κ2) is 4.75. The second-order valence-electron chi connectivity index (χ2n) is 3.98. The van der Waals surface area contributed by atoms with E-state index in [9.17, 15) is 0 Å². The number of hydrogen-bond donors (Lipinski definition) is 0. The quantitative estimate of drug-likeness (QED) is 0.669. The van der Waals surface area contributed by atoms with E-state index >= 15 is 0 Å². The molecule has 3 aromatic rings. The molecule has 4 nitrogen and oxygen atoms in total. The number of thioether (sulfide) groups is 1.